The van der Waals surface area contributed by atoms with Gasteiger partial charge in [-0.15, -0.1) is 0 Å². The summed E-state index contributed by atoms with van der Waals surface area (Å²) in [5.74, 6) is -0.511. The number of nitrogens with zero attached hydrogens (tertiary/aromatic N) is 2. The minimum absolute atomic E-state index is 0.330. The van der Waals surface area contributed by atoms with Gasteiger partial charge in [-0.25, -0.2) is 4.68 Å². The van der Waals surface area contributed by atoms with Gasteiger partial charge in [0.2, 0.25) is 0 Å². The van der Waals surface area contributed by atoms with Crippen LogP contribution in [0.15, 0.2) is 94.7 Å². The molecule has 0 atom stereocenters. The molecule has 1 aromatic heterocycles. The van der Waals surface area contributed by atoms with Crippen molar-refractivity contribution >= 4 is 46.3 Å². The third kappa shape index (κ3) is 4.03. The Morgan fingerprint density at radius 2 is 1.75 bits per heavy atom. The number of hydrogen-bond acceptors (Lipinski definition) is 6. The summed E-state index contributed by atoms with van der Waals surface area (Å²) in [6.07, 6.45) is 1.54. The van der Waals surface area contributed by atoms with E-state index in [0.29, 0.717) is 5.69 Å². The maximum Gasteiger partial charge on any atom is 0.269 e. The summed E-state index contributed by atoms with van der Waals surface area (Å²) < 4.78 is 5.35. The Bertz CT molecular complexity index is 1610. The van der Waals surface area contributed by atoms with Crippen molar-refractivity contribution in [1.82, 2.24) is 9.78 Å². The van der Waals surface area contributed by atoms with Crippen LogP contribution in [-0.2, 0) is 12.8 Å². The minimum atomic E-state index is -0.511. The highest BCUT2D eigenvalue weighted by atomic mass is 32.2. The molecule has 0 spiro atoms. The van der Waals surface area contributed by atoms with Crippen molar-refractivity contribution < 1.29 is 4.79 Å². The topological polar surface area (TPSA) is 99.0 Å². The zero-order valence-electron chi connectivity index (χ0n) is 19.3. The van der Waals surface area contributed by atoms with E-state index in [4.69, 9.17) is 10.9 Å². The molecular formula is C28H23N5OS2. The quantitative estimate of drug-likeness (QED) is 0.244. The van der Waals surface area contributed by atoms with Gasteiger partial charge in [0.1, 0.15) is 0 Å². The van der Waals surface area contributed by atoms with Crippen molar-refractivity contribution in [3.05, 3.63) is 102 Å². The van der Waals surface area contributed by atoms with Gasteiger partial charge in [-0.3, -0.25) is 9.93 Å². The van der Waals surface area contributed by atoms with Gasteiger partial charge in [0.15, 0.2) is 5.69 Å². The van der Waals surface area contributed by atoms with Crippen LogP contribution in [-0.4, -0.2) is 15.7 Å². The summed E-state index contributed by atoms with van der Waals surface area (Å²) in [6, 6.07) is 28.9. The summed E-state index contributed by atoms with van der Waals surface area (Å²) in [5.41, 5.74) is 12.0. The molecular weight excluding hydrogens is 486 g/mol. The largest absolute Gasteiger partial charge is 0.364 e. The molecule has 0 fully saturated rings. The van der Waals surface area contributed by atoms with Crippen molar-refractivity contribution in [2.45, 2.75) is 22.6 Å². The fourth-order valence-corrected chi connectivity index (χ4v) is 5.84. The first-order chi connectivity index (χ1) is 17.6. The van der Waals surface area contributed by atoms with E-state index in [0.717, 1.165) is 50.8 Å². The molecule has 6 nitrogen and oxygen atoms in total. The number of aromatic nitrogens is 2. The van der Waals surface area contributed by atoms with E-state index in [2.05, 4.69) is 70.5 Å². The van der Waals surface area contributed by atoms with Gasteiger partial charge in [0.25, 0.3) is 5.91 Å². The molecule has 5 N–H and O–H groups in total. The first-order valence-corrected chi connectivity index (χ1v) is 13.2. The first kappa shape index (κ1) is 22.7. The van der Waals surface area contributed by atoms with Crippen LogP contribution in [0.2, 0.25) is 0 Å². The third-order valence-corrected chi connectivity index (χ3v) is 7.93. The van der Waals surface area contributed by atoms with Gasteiger partial charge in [-0.1, -0.05) is 42.5 Å². The van der Waals surface area contributed by atoms with Crippen molar-refractivity contribution in [2.75, 3.05) is 4.72 Å². The fraction of sp³-hybridized carbons (Fsp3) is 0.0714. The standard InChI is InChI=1S/C28H23N5OS2/c29-28(34)26-23-15-9-18-8-10-19(32-36-25-7-3-5-17-4-1-2-6-22(17)25)16-24(18)27(23)33(31-26)20-11-13-21(35-30)14-12-20/h1-8,10-14,16,32H,9,15,30H2,(H2,29,34). The molecule has 178 valence electrons. The van der Waals surface area contributed by atoms with Gasteiger partial charge in [0, 0.05) is 26.6 Å². The zero-order valence-corrected chi connectivity index (χ0v) is 20.9. The Morgan fingerprint density at radius 1 is 0.944 bits per heavy atom. The van der Waals surface area contributed by atoms with E-state index in [1.54, 1.807) is 11.9 Å². The summed E-state index contributed by atoms with van der Waals surface area (Å²) in [5, 5.41) is 12.8. The Kier molecular flexibility index (Phi) is 5.92. The highest BCUT2D eigenvalue weighted by molar-refractivity contribution is 8.00. The maximum atomic E-state index is 12.3. The molecule has 1 aliphatic carbocycles. The molecule has 0 saturated carbocycles. The SMILES string of the molecule is NSc1ccc(-n2nc(C(N)=O)c3c2-c2cc(NSc4cccc5ccccc45)ccc2CC3)cc1. The molecule has 36 heavy (non-hydrogen) atoms. The average molecular weight is 510 g/mol. The number of rotatable bonds is 6. The monoisotopic (exact) mass is 509 g/mol. The van der Waals surface area contributed by atoms with E-state index in [1.807, 2.05) is 28.9 Å². The number of nitrogens with one attached hydrogen (secondary N) is 1. The molecule has 6 rings (SSSR count). The van der Waals surface area contributed by atoms with Crippen LogP contribution in [0.5, 0.6) is 0 Å². The van der Waals surface area contributed by atoms with Gasteiger partial charge >= 0.3 is 0 Å². The van der Waals surface area contributed by atoms with Crippen LogP contribution in [0.3, 0.4) is 0 Å². The predicted octanol–water partition coefficient (Wildman–Crippen LogP) is 5.98. The maximum absolute atomic E-state index is 12.3. The Labute approximate surface area is 217 Å². The second-order valence-corrected chi connectivity index (χ2v) is 10.2. The van der Waals surface area contributed by atoms with Crippen LogP contribution < -0.4 is 15.6 Å². The number of amides is 1. The lowest BCUT2D eigenvalue weighted by molar-refractivity contribution is 0.0994. The zero-order chi connectivity index (χ0) is 24.6. The molecule has 8 heteroatoms. The van der Waals surface area contributed by atoms with Crippen LogP contribution in [0, 0.1) is 0 Å². The van der Waals surface area contributed by atoms with Crippen molar-refractivity contribution in [3.63, 3.8) is 0 Å². The normalized spacial score (nSPS) is 12.2. The number of carbonyl (C=O) groups is 1. The Morgan fingerprint density at radius 3 is 2.56 bits per heavy atom. The second kappa shape index (κ2) is 9.39. The molecule has 1 aliphatic rings. The highest BCUT2D eigenvalue weighted by Crippen LogP contribution is 2.39. The highest BCUT2D eigenvalue weighted by Gasteiger charge is 2.28. The average Bonchev–Trinajstić information content (AvgIpc) is 3.32. The molecule has 1 amide bonds. The Hall–Kier alpha value is -3.72. The molecule has 1 heterocycles. The molecule has 0 saturated heterocycles. The van der Waals surface area contributed by atoms with Crippen molar-refractivity contribution in [1.29, 1.82) is 0 Å². The lowest BCUT2D eigenvalue weighted by Gasteiger charge is -2.20. The summed E-state index contributed by atoms with van der Waals surface area (Å²) in [6.45, 7) is 0. The fourth-order valence-electron chi connectivity index (χ4n) is 4.75. The van der Waals surface area contributed by atoms with Crippen LogP contribution in [0.4, 0.5) is 5.69 Å². The molecule has 4 aromatic carbocycles. The lowest BCUT2D eigenvalue weighted by Crippen LogP contribution is -2.15. The third-order valence-electron chi connectivity index (χ3n) is 6.47. The van der Waals surface area contributed by atoms with E-state index in [-0.39, 0.29) is 0 Å². The van der Waals surface area contributed by atoms with E-state index >= 15 is 0 Å². The molecule has 0 radical (unpaired) electrons. The number of anilines is 1. The number of fused-ring (bicyclic) bond motifs is 4. The lowest BCUT2D eigenvalue weighted by atomic mass is 9.88. The van der Waals surface area contributed by atoms with Crippen LogP contribution in [0.25, 0.3) is 27.7 Å². The summed E-state index contributed by atoms with van der Waals surface area (Å²) in [7, 11) is 0. The number of aryl methyl sites for hydroxylation is 1. The second-order valence-electron chi connectivity index (χ2n) is 8.62. The first-order valence-electron chi connectivity index (χ1n) is 11.5. The number of hydrogen-bond donors (Lipinski definition) is 3. The number of carbonyl (C=O) groups excluding carboxylic acids is 1. The smallest absolute Gasteiger partial charge is 0.269 e. The van der Waals surface area contributed by atoms with Gasteiger partial charge < -0.3 is 10.5 Å². The van der Waals surface area contributed by atoms with Crippen LogP contribution >= 0.6 is 23.9 Å². The number of nitrogens with two attached hydrogens (primary N) is 2. The predicted molar refractivity (Wildman–Crippen MR) is 148 cm³/mol. The van der Waals surface area contributed by atoms with Gasteiger partial charge in [-0.2, -0.15) is 5.10 Å². The molecule has 5 aromatic rings. The van der Waals surface area contributed by atoms with Crippen LogP contribution in [0.1, 0.15) is 21.6 Å². The number of benzene rings is 4. The molecule has 0 aliphatic heterocycles. The van der Waals surface area contributed by atoms with E-state index in [9.17, 15) is 4.79 Å². The van der Waals surface area contributed by atoms with E-state index in [1.165, 1.54) is 28.3 Å². The molecule has 0 unspecified atom stereocenters. The van der Waals surface area contributed by atoms with E-state index < -0.39 is 5.91 Å². The minimum Gasteiger partial charge on any atom is -0.364 e. The van der Waals surface area contributed by atoms with Crippen molar-refractivity contribution in [3.8, 4) is 16.9 Å². The molecule has 0 bridgehead atoms. The van der Waals surface area contributed by atoms with Crippen molar-refractivity contribution in [2.24, 2.45) is 10.9 Å². The van der Waals surface area contributed by atoms with Gasteiger partial charge in [0.05, 0.1) is 11.4 Å². The number of primary amides is 1. The summed E-state index contributed by atoms with van der Waals surface area (Å²) >= 11 is 2.78. The summed E-state index contributed by atoms with van der Waals surface area (Å²) in [4.78, 5) is 14.4. The van der Waals surface area contributed by atoms with Gasteiger partial charge in [-0.05, 0) is 95.5 Å². The Balaban J connectivity index is 1.40.